The normalized spacial score (nSPS) is 12.5. The van der Waals surface area contributed by atoms with Crippen LogP contribution in [0.15, 0.2) is 36.9 Å². The predicted octanol–water partition coefficient (Wildman–Crippen LogP) is 1.97. The number of hydrogen-bond donors (Lipinski definition) is 1. The molecule has 0 radical (unpaired) electrons. The highest BCUT2D eigenvalue weighted by atomic mass is 15.2. The summed E-state index contributed by atoms with van der Waals surface area (Å²) in [7, 11) is 4.00. The van der Waals surface area contributed by atoms with E-state index in [0.29, 0.717) is 6.04 Å². The van der Waals surface area contributed by atoms with Crippen LogP contribution in [-0.4, -0.2) is 27.9 Å². The maximum atomic E-state index is 4.20. The highest BCUT2D eigenvalue weighted by Crippen LogP contribution is 2.09. The summed E-state index contributed by atoms with van der Waals surface area (Å²) in [4.78, 5) is 4.15. The fourth-order valence-electron chi connectivity index (χ4n) is 2.26. The zero-order valence-electron chi connectivity index (χ0n) is 11.7. The van der Waals surface area contributed by atoms with E-state index < -0.39 is 0 Å². The van der Waals surface area contributed by atoms with Gasteiger partial charge in [-0.15, -0.1) is 0 Å². The Kier molecular flexibility index (Phi) is 5.10. The van der Waals surface area contributed by atoms with Crippen molar-refractivity contribution in [2.75, 3.05) is 7.05 Å². The van der Waals surface area contributed by atoms with Gasteiger partial charge in [-0.1, -0.05) is 6.07 Å². The van der Waals surface area contributed by atoms with E-state index in [-0.39, 0.29) is 0 Å². The first-order valence-corrected chi connectivity index (χ1v) is 6.81. The Morgan fingerprint density at radius 1 is 1.21 bits per heavy atom. The van der Waals surface area contributed by atoms with E-state index in [1.54, 1.807) is 0 Å². The van der Waals surface area contributed by atoms with Gasteiger partial charge >= 0.3 is 0 Å². The molecule has 19 heavy (non-hydrogen) atoms. The molecule has 0 aliphatic rings. The molecular formula is C15H22N4. The molecule has 0 saturated heterocycles. The molecule has 0 fully saturated rings. The summed E-state index contributed by atoms with van der Waals surface area (Å²) in [6, 6.07) is 4.68. The second-order valence-corrected chi connectivity index (χ2v) is 4.95. The molecule has 2 heterocycles. The van der Waals surface area contributed by atoms with E-state index >= 15 is 0 Å². The first kappa shape index (κ1) is 13.7. The van der Waals surface area contributed by atoms with Crippen LogP contribution in [0.3, 0.4) is 0 Å². The Morgan fingerprint density at radius 3 is 2.58 bits per heavy atom. The zero-order valence-corrected chi connectivity index (χ0v) is 11.7. The highest BCUT2D eigenvalue weighted by molar-refractivity contribution is 5.09. The number of aryl methyl sites for hydroxylation is 3. The Morgan fingerprint density at radius 2 is 2.00 bits per heavy atom. The van der Waals surface area contributed by atoms with Crippen LogP contribution in [-0.2, 0) is 19.9 Å². The molecule has 0 spiro atoms. The van der Waals surface area contributed by atoms with Crippen molar-refractivity contribution in [1.82, 2.24) is 20.1 Å². The molecule has 1 unspecified atom stereocenters. The fraction of sp³-hybridized carbons (Fsp3) is 0.467. The lowest BCUT2D eigenvalue weighted by atomic mass is 10.0. The average Bonchev–Trinajstić information content (AvgIpc) is 2.86. The third kappa shape index (κ3) is 4.48. The molecule has 1 atom stereocenters. The summed E-state index contributed by atoms with van der Waals surface area (Å²) >= 11 is 0. The Hall–Kier alpha value is -1.68. The van der Waals surface area contributed by atoms with Gasteiger partial charge in [-0.3, -0.25) is 9.67 Å². The minimum Gasteiger partial charge on any atom is -0.317 e. The maximum absolute atomic E-state index is 4.20. The number of aromatic nitrogens is 3. The predicted molar refractivity (Wildman–Crippen MR) is 76.9 cm³/mol. The number of hydrogen-bond acceptors (Lipinski definition) is 3. The van der Waals surface area contributed by atoms with E-state index in [2.05, 4.69) is 27.7 Å². The van der Waals surface area contributed by atoms with Gasteiger partial charge in [-0.2, -0.15) is 5.10 Å². The van der Waals surface area contributed by atoms with Crippen LogP contribution >= 0.6 is 0 Å². The molecule has 4 heteroatoms. The SMILES string of the molecule is CNC(CCc1cccnc1)CCc1cnn(C)c1. The first-order valence-electron chi connectivity index (χ1n) is 6.81. The Balaban J connectivity index is 1.77. The van der Waals surface area contributed by atoms with Crippen molar-refractivity contribution in [2.45, 2.75) is 31.7 Å². The van der Waals surface area contributed by atoms with Crippen LogP contribution in [0.25, 0.3) is 0 Å². The molecule has 0 aliphatic carbocycles. The van der Waals surface area contributed by atoms with Crippen molar-refractivity contribution in [3.8, 4) is 0 Å². The second kappa shape index (κ2) is 7.04. The van der Waals surface area contributed by atoms with Crippen molar-refractivity contribution in [2.24, 2.45) is 7.05 Å². The summed E-state index contributed by atoms with van der Waals surface area (Å²) < 4.78 is 1.86. The largest absolute Gasteiger partial charge is 0.317 e. The smallest absolute Gasteiger partial charge is 0.0521 e. The van der Waals surface area contributed by atoms with Crippen LogP contribution in [0.2, 0.25) is 0 Å². The molecule has 0 aliphatic heterocycles. The van der Waals surface area contributed by atoms with Gasteiger partial charge in [0.2, 0.25) is 0 Å². The first-order chi connectivity index (χ1) is 9.28. The summed E-state index contributed by atoms with van der Waals surface area (Å²) in [5.74, 6) is 0. The van der Waals surface area contributed by atoms with Gasteiger partial charge in [0.15, 0.2) is 0 Å². The number of pyridine rings is 1. The van der Waals surface area contributed by atoms with Crippen LogP contribution in [0, 0.1) is 0 Å². The van der Waals surface area contributed by atoms with Gasteiger partial charge in [0.1, 0.15) is 0 Å². The van der Waals surface area contributed by atoms with Gasteiger partial charge in [0, 0.05) is 31.7 Å². The molecule has 2 aromatic rings. The van der Waals surface area contributed by atoms with Gasteiger partial charge in [0.25, 0.3) is 0 Å². The van der Waals surface area contributed by atoms with Gasteiger partial charge < -0.3 is 5.32 Å². The van der Waals surface area contributed by atoms with Crippen LogP contribution < -0.4 is 5.32 Å². The average molecular weight is 258 g/mol. The third-order valence-electron chi connectivity index (χ3n) is 3.45. The van der Waals surface area contributed by atoms with E-state index in [1.165, 1.54) is 11.1 Å². The molecule has 0 aromatic carbocycles. The lowest BCUT2D eigenvalue weighted by Crippen LogP contribution is -2.26. The molecule has 102 valence electrons. The summed E-state index contributed by atoms with van der Waals surface area (Å²) in [5, 5.41) is 7.60. The number of nitrogens with zero attached hydrogens (tertiary/aromatic N) is 3. The standard InChI is InChI=1S/C15H22N4/c1-16-15(7-5-13-4-3-9-17-10-13)8-6-14-11-18-19(2)12-14/h3-4,9-12,15-16H,5-8H2,1-2H3. The van der Waals surface area contributed by atoms with Crippen LogP contribution in [0.1, 0.15) is 24.0 Å². The van der Waals surface area contributed by atoms with Crippen molar-refractivity contribution < 1.29 is 0 Å². The van der Waals surface area contributed by atoms with Crippen molar-refractivity contribution in [3.05, 3.63) is 48.0 Å². The van der Waals surface area contributed by atoms with Crippen molar-refractivity contribution in [1.29, 1.82) is 0 Å². The van der Waals surface area contributed by atoms with Crippen LogP contribution in [0.4, 0.5) is 0 Å². The molecule has 2 rings (SSSR count). The molecule has 0 saturated carbocycles. The monoisotopic (exact) mass is 258 g/mol. The molecule has 2 aromatic heterocycles. The molecule has 4 nitrogen and oxygen atoms in total. The van der Waals surface area contributed by atoms with E-state index in [9.17, 15) is 0 Å². The maximum Gasteiger partial charge on any atom is 0.0521 e. The topological polar surface area (TPSA) is 42.7 Å². The van der Waals surface area contributed by atoms with E-state index in [0.717, 1.165) is 25.7 Å². The Labute approximate surface area is 114 Å². The number of nitrogens with one attached hydrogen (secondary N) is 1. The number of rotatable bonds is 7. The van der Waals surface area contributed by atoms with Gasteiger partial charge in [-0.05, 0) is 49.9 Å². The molecule has 1 N–H and O–H groups in total. The fourth-order valence-corrected chi connectivity index (χ4v) is 2.26. The van der Waals surface area contributed by atoms with Crippen molar-refractivity contribution >= 4 is 0 Å². The van der Waals surface area contributed by atoms with E-state index in [4.69, 9.17) is 0 Å². The third-order valence-corrected chi connectivity index (χ3v) is 3.45. The zero-order chi connectivity index (χ0) is 13.5. The molecular weight excluding hydrogens is 236 g/mol. The highest BCUT2D eigenvalue weighted by Gasteiger charge is 2.07. The Bertz CT molecular complexity index is 478. The van der Waals surface area contributed by atoms with Crippen LogP contribution in [0.5, 0.6) is 0 Å². The lowest BCUT2D eigenvalue weighted by molar-refractivity contribution is 0.489. The minimum absolute atomic E-state index is 0.542. The molecule has 0 bridgehead atoms. The molecule has 0 amide bonds. The quantitative estimate of drug-likeness (QED) is 0.825. The summed E-state index contributed by atoms with van der Waals surface area (Å²) in [6.07, 6.45) is 12.3. The minimum atomic E-state index is 0.542. The summed E-state index contributed by atoms with van der Waals surface area (Å²) in [5.41, 5.74) is 2.62. The lowest BCUT2D eigenvalue weighted by Gasteiger charge is -2.15. The second-order valence-electron chi connectivity index (χ2n) is 4.95. The van der Waals surface area contributed by atoms with Gasteiger partial charge in [0.05, 0.1) is 6.20 Å². The van der Waals surface area contributed by atoms with Crippen molar-refractivity contribution in [3.63, 3.8) is 0 Å². The summed E-state index contributed by atoms with van der Waals surface area (Å²) in [6.45, 7) is 0. The van der Waals surface area contributed by atoms with Gasteiger partial charge in [-0.25, -0.2) is 0 Å². The van der Waals surface area contributed by atoms with E-state index in [1.807, 2.05) is 43.4 Å².